The molecule has 0 aliphatic heterocycles. The highest BCUT2D eigenvalue weighted by Crippen LogP contribution is 2.32. The van der Waals surface area contributed by atoms with Gasteiger partial charge in [0, 0.05) is 31.4 Å². The molecular weight excluding hydrogens is 397 g/mol. The van der Waals surface area contributed by atoms with Gasteiger partial charge in [0.05, 0.1) is 15.7 Å². The van der Waals surface area contributed by atoms with Gasteiger partial charge in [0.25, 0.3) is 0 Å². The van der Waals surface area contributed by atoms with E-state index in [9.17, 15) is 4.79 Å². The number of hydrogen-bond donors (Lipinski definition) is 0. The average Bonchev–Trinajstić information content (AvgIpc) is 2.88. The standard InChI is InChI=1S/C18H16Cl3N3O2/c1-10-17(21)24-6-4-5-16(18(24)22-10)26-9-13-14(19)7-12(8-15(13)20)23(3)11(2)25/h4-8H,9H2,1-3H3. The molecule has 2 heterocycles. The minimum absolute atomic E-state index is 0.112. The lowest BCUT2D eigenvalue weighted by atomic mass is 10.2. The molecular formula is C18H16Cl3N3O2. The zero-order chi connectivity index (χ0) is 19.0. The number of benzene rings is 1. The lowest BCUT2D eigenvalue weighted by molar-refractivity contribution is -0.116. The maximum absolute atomic E-state index is 11.5. The number of aromatic nitrogens is 2. The van der Waals surface area contributed by atoms with Crippen LogP contribution in [-0.2, 0) is 11.4 Å². The highest BCUT2D eigenvalue weighted by molar-refractivity contribution is 6.36. The summed E-state index contributed by atoms with van der Waals surface area (Å²) in [5, 5.41) is 1.38. The number of carbonyl (C=O) groups is 1. The van der Waals surface area contributed by atoms with Gasteiger partial charge in [0.15, 0.2) is 11.4 Å². The number of halogens is 3. The number of nitrogens with zero attached hydrogens (tertiary/aromatic N) is 3. The summed E-state index contributed by atoms with van der Waals surface area (Å²) in [6.07, 6.45) is 1.82. The molecule has 0 spiro atoms. The van der Waals surface area contributed by atoms with Gasteiger partial charge in [-0.05, 0) is 31.2 Å². The van der Waals surface area contributed by atoms with E-state index >= 15 is 0 Å². The minimum atomic E-state index is -0.112. The molecule has 0 radical (unpaired) electrons. The van der Waals surface area contributed by atoms with Crippen LogP contribution in [0.25, 0.3) is 5.65 Å². The minimum Gasteiger partial charge on any atom is -0.485 e. The summed E-state index contributed by atoms with van der Waals surface area (Å²) in [4.78, 5) is 17.4. The molecule has 0 fully saturated rings. The molecule has 0 aliphatic carbocycles. The lowest BCUT2D eigenvalue weighted by Gasteiger charge is -2.18. The van der Waals surface area contributed by atoms with Crippen LogP contribution in [0.5, 0.6) is 5.75 Å². The number of fused-ring (bicyclic) bond motifs is 1. The van der Waals surface area contributed by atoms with E-state index in [0.29, 0.717) is 37.8 Å². The van der Waals surface area contributed by atoms with Crippen LogP contribution in [0, 0.1) is 6.92 Å². The first-order valence-corrected chi connectivity index (χ1v) is 8.91. The van der Waals surface area contributed by atoms with Crippen molar-refractivity contribution in [2.75, 3.05) is 11.9 Å². The molecule has 26 heavy (non-hydrogen) atoms. The third kappa shape index (κ3) is 3.47. The van der Waals surface area contributed by atoms with E-state index in [2.05, 4.69) is 4.98 Å². The van der Waals surface area contributed by atoms with E-state index in [1.165, 1.54) is 11.8 Å². The summed E-state index contributed by atoms with van der Waals surface area (Å²) in [5.74, 6) is 0.457. The predicted molar refractivity (Wildman–Crippen MR) is 105 cm³/mol. The molecule has 0 atom stereocenters. The molecule has 0 saturated carbocycles. The van der Waals surface area contributed by atoms with Crippen molar-refractivity contribution < 1.29 is 9.53 Å². The number of carbonyl (C=O) groups excluding carboxylic acids is 1. The van der Waals surface area contributed by atoms with Gasteiger partial charge in [-0.1, -0.05) is 34.8 Å². The number of pyridine rings is 1. The summed E-state index contributed by atoms with van der Waals surface area (Å²) in [5.41, 5.74) is 2.59. The van der Waals surface area contributed by atoms with Gasteiger partial charge in [0.1, 0.15) is 11.8 Å². The Bertz CT molecular complexity index is 978. The number of aryl methyl sites for hydroxylation is 1. The third-order valence-corrected chi connectivity index (χ3v) is 5.20. The van der Waals surface area contributed by atoms with E-state index in [4.69, 9.17) is 39.5 Å². The van der Waals surface area contributed by atoms with Gasteiger partial charge in [-0.25, -0.2) is 4.98 Å². The van der Waals surface area contributed by atoms with E-state index in [-0.39, 0.29) is 12.5 Å². The van der Waals surface area contributed by atoms with Crippen molar-refractivity contribution >= 4 is 52.0 Å². The van der Waals surface area contributed by atoms with Crippen molar-refractivity contribution in [1.82, 2.24) is 9.38 Å². The molecule has 0 N–H and O–H groups in total. The predicted octanol–water partition coefficient (Wildman–Crippen LogP) is 5.16. The van der Waals surface area contributed by atoms with Crippen LogP contribution in [0.4, 0.5) is 5.69 Å². The summed E-state index contributed by atoms with van der Waals surface area (Å²) >= 11 is 18.9. The Labute approximate surface area is 166 Å². The van der Waals surface area contributed by atoms with Gasteiger partial charge in [-0.2, -0.15) is 0 Å². The van der Waals surface area contributed by atoms with Crippen LogP contribution in [0.15, 0.2) is 30.5 Å². The van der Waals surface area contributed by atoms with Crippen LogP contribution in [0.2, 0.25) is 15.2 Å². The number of anilines is 1. The van der Waals surface area contributed by atoms with E-state index < -0.39 is 0 Å². The molecule has 3 rings (SSSR count). The Morgan fingerprint density at radius 2 is 1.92 bits per heavy atom. The van der Waals surface area contributed by atoms with Crippen molar-refractivity contribution in [2.45, 2.75) is 20.5 Å². The second-order valence-corrected chi connectivity index (χ2v) is 6.98. The van der Waals surface area contributed by atoms with E-state index in [1.54, 1.807) is 29.6 Å². The molecule has 3 aromatic rings. The topological polar surface area (TPSA) is 46.8 Å². The second-order valence-electron chi connectivity index (χ2n) is 5.81. The zero-order valence-electron chi connectivity index (χ0n) is 14.4. The van der Waals surface area contributed by atoms with Gasteiger partial charge in [-0.15, -0.1) is 0 Å². The van der Waals surface area contributed by atoms with E-state index in [1.807, 2.05) is 19.2 Å². The van der Waals surface area contributed by atoms with Crippen molar-refractivity contribution in [3.63, 3.8) is 0 Å². The van der Waals surface area contributed by atoms with Gasteiger partial charge in [0.2, 0.25) is 5.91 Å². The van der Waals surface area contributed by atoms with Crippen LogP contribution in [-0.4, -0.2) is 22.3 Å². The monoisotopic (exact) mass is 411 g/mol. The number of ether oxygens (including phenoxy) is 1. The number of hydrogen-bond acceptors (Lipinski definition) is 3. The number of amides is 1. The van der Waals surface area contributed by atoms with Crippen molar-refractivity contribution in [3.8, 4) is 5.75 Å². The largest absolute Gasteiger partial charge is 0.485 e. The molecule has 1 aromatic carbocycles. The van der Waals surface area contributed by atoms with Crippen LogP contribution < -0.4 is 9.64 Å². The quantitative estimate of drug-likeness (QED) is 0.594. The number of rotatable bonds is 4. The van der Waals surface area contributed by atoms with Crippen LogP contribution in [0.1, 0.15) is 18.2 Å². The van der Waals surface area contributed by atoms with Crippen LogP contribution >= 0.6 is 34.8 Å². The molecule has 0 aliphatic rings. The highest BCUT2D eigenvalue weighted by Gasteiger charge is 2.15. The Morgan fingerprint density at radius 3 is 2.54 bits per heavy atom. The second kappa shape index (κ2) is 7.35. The molecule has 0 unspecified atom stereocenters. The fraction of sp³-hybridized carbons (Fsp3) is 0.222. The average molecular weight is 413 g/mol. The van der Waals surface area contributed by atoms with Crippen molar-refractivity contribution in [2.24, 2.45) is 0 Å². The van der Waals surface area contributed by atoms with Crippen molar-refractivity contribution in [3.05, 3.63) is 56.9 Å². The molecule has 136 valence electrons. The van der Waals surface area contributed by atoms with Crippen LogP contribution in [0.3, 0.4) is 0 Å². The molecule has 5 nitrogen and oxygen atoms in total. The Balaban J connectivity index is 1.89. The molecule has 2 aromatic heterocycles. The smallest absolute Gasteiger partial charge is 0.223 e. The maximum atomic E-state index is 11.5. The first-order valence-electron chi connectivity index (χ1n) is 7.77. The third-order valence-electron chi connectivity index (χ3n) is 4.07. The first kappa shape index (κ1) is 18.8. The molecule has 0 bridgehead atoms. The number of imidazole rings is 1. The fourth-order valence-corrected chi connectivity index (χ4v) is 3.26. The summed E-state index contributed by atoms with van der Waals surface area (Å²) < 4.78 is 7.64. The summed E-state index contributed by atoms with van der Waals surface area (Å²) in [6, 6.07) is 7.00. The zero-order valence-corrected chi connectivity index (χ0v) is 16.7. The van der Waals surface area contributed by atoms with Crippen molar-refractivity contribution in [1.29, 1.82) is 0 Å². The molecule has 8 heteroatoms. The SMILES string of the molecule is CC(=O)N(C)c1cc(Cl)c(COc2cccn3c(Cl)c(C)nc23)c(Cl)c1. The lowest BCUT2D eigenvalue weighted by Crippen LogP contribution is -2.22. The highest BCUT2D eigenvalue weighted by atomic mass is 35.5. The summed E-state index contributed by atoms with van der Waals surface area (Å²) in [6.45, 7) is 3.46. The summed E-state index contributed by atoms with van der Waals surface area (Å²) in [7, 11) is 1.66. The normalized spacial score (nSPS) is 11.0. The Kier molecular flexibility index (Phi) is 5.32. The Hall–Kier alpha value is -1.95. The van der Waals surface area contributed by atoms with Gasteiger partial charge >= 0.3 is 0 Å². The molecule has 1 amide bonds. The van der Waals surface area contributed by atoms with Gasteiger partial charge in [-0.3, -0.25) is 9.20 Å². The Morgan fingerprint density at radius 1 is 1.27 bits per heavy atom. The van der Waals surface area contributed by atoms with Gasteiger partial charge < -0.3 is 9.64 Å². The molecule has 0 saturated heterocycles. The fourth-order valence-electron chi connectivity index (χ4n) is 2.49. The van der Waals surface area contributed by atoms with E-state index in [0.717, 1.165) is 5.69 Å². The first-order chi connectivity index (χ1) is 12.3. The maximum Gasteiger partial charge on any atom is 0.223 e.